The zero-order chi connectivity index (χ0) is 13.1. The van der Waals surface area contributed by atoms with Gasteiger partial charge in [-0.15, -0.1) is 0 Å². The predicted octanol–water partition coefficient (Wildman–Crippen LogP) is 2.16. The largest absolute Gasteiger partial charge is 0.453 e. The van der Waals surface area contributed by atoms with Crippen LogP contribution in [0.1, 0.15) is 16.1 Å². The number of hydrogen-bond donors (Lipinski definition) is 1. The molecule has 0 fully saturated rings. The van der Waals surface area contributed by atoms with E-state index in [9.17, 15) is 20.0 Å². The topological polar surface area (TPSA) is 93.6 Å². The molecule has 0 saturated carbocycles. The molecule has 0 amide bonds. The van der Waals surface area contributed by atoms with Crippen molar-refractivity contribution in [3.63, 3.8) is 0 Å². The van der Waals surface area contributed by atoms with Crippen LogP contribution in [0.2, 0.25) is 0 Å². The molecule has 1 aromatic heterocycles. The molecular weight excluding hydrogens is 238 g/mol. The second-order valence-corrected chi connectivity index (χ2v) is 3.55. The summed E-state index contributed by atoms with van der Waals surface area (Å²) < 4.78 is 5.17. The number of nitro benzene ring substituents is 1. The lowest BCUT2D eigenvalue weighted by Crippen LogP contribution is -1.96. The first kappa shape index (κ1) is 12.0. The highest BCUT2D eigenvalue weighted by atomic mass is 16.6. The van der Waals surface area contributed by atoms with Crippen LogP contribution in [0.4, 0.5) is 5.69 Å². The molecule has 0 aliphatic heterocycles. The molecular formula is C12H9NO5. The molecule has 0 unspecified atom stereocenters. The molecule has 0 saturated heterocycles. The fraction of sp³-hybridized carbons (Fsp3) is 0.0833. The molecule has 2 rings (SSSR count). The molecule has 6 nitrogen and oxygen atoms in total. The predicted molar refractivity (Wildman–Crippen MR) is 62.1 cm³/mol. The summed E-state index contributed by atoms with van der Waals surface area (Å²) in [5, 5.41) is 20.2. The molecule has 0 atom stereocenters. The van der Waals surface area contributed by atoms with E-state index in [0.717, 1.165) is 0 Å². The van der Waals surface area contributed by atoms with Crippen LogP contribution in [0.3, 0.4) is 0 Å². The Kier molecular flexibility index (Phi) is 3.20. The quantitative estimate of drug-likeness (QED) is 0.507. The van der Waals surface area contributed by atoms with Crippen LogP contribution in [0.15, 0.2) is 34.7 Å². The maximum Gasteiger partial charge on any atom is 0.280 e. The summed E-state index contributed by atoms with van der Waals surface area (Å²) in [4.78, 5) is 20.9. The average molecular weight is 247 g/mol. The SMILES string of the molecule is O=Cc1ccc(-c2c(CO)cccc2[N+](=O)[O-])o1. The summed E-state index contributed by atoms with van der Waals surface area (Å²) in [6.07, 6.45) is 0.511. The summed E-state index contributed by atoms with van der Waals surface area (Å²) in [6.45, 7) is -0.353. The molecule has 2 aromatic rings. The second kappa shape index (κ2) is 4.80. The van der Waals surface area contributed by atoms with E-state index in [0.29, 0.717) is 11.8 Å². The highest BCUT2D eigenvalue weighted by Crippen LogP contribution is 2.34. The lowest BCUT2D eigenvalue weighted by Gasteiger charge is -2.05. The minimum atomic E-state index is -0.558. The Morgan fingerprint density at radius 1 is 1.33 bits per heavy atom. The molecule has 1 N–H and O–H groups in total. The Morgan fingerprint density at radius 2 is 2.11 bits per heavy atom. The van der Waals surface area contributed by atoms with E-state index < -0.39 is 4.92 Å². The van der Waals surface area contributed by atoms with Crippen LogP contribution in [0.25, 0.3) is 11.3 Å². The number of nitrogens with zero attached hydrogens (tertiary/aromatic N) is 1. The van der Waals surface area contributed by atoms with E-state index >= 15 is 0 Å². The van der Waals surface area contributed by atoms with Crippen LogP contribution in [-0.2, 0) is 6.61 Å². The number of aliphatic hydroxyl groups excluding tert-OH is 1. The first-order valence-corrected chi connectivity index (χ1v) is 5.10. The number of nitro groups is 1. The highest BCUT2D eigenvalue weighted by Gasteiger charge is 2.21. The van der Waals surface area contributed by atoms with Crippen molar-refractivity contribution in [2.45, 2.75) is 6.61 Å². The molecule has 18 heavy (non-hydrogen) atoms. The third-order valence-corrected chi connectivity index (χ3v) is 2.49. The van der Waals surface area contributed by atoms with Gasteiger partial charge in [0.2, 0.25) is 0 Å². The fourth-order valence-electron chi connectivity index (χ4n) is 1.71. The maximum atomic E-state index is 11.0. The number of hydrogen-bond acceptors (Lipinski definition) is 5. The fourth-order valence-corrected chi connectivity index (χ4v) is 1.71. The summed E-state index contributed by atoms with van der Waals surface area (Å²) in [7, 11) is 0. The van der Waals surface area contributed by atoms with Crippen molar-refractivity contribution >= 4 is 12.0 Å². The van der Waals surface area contributed by atoms with Crippen molar-refractivity contribution in [3.8, 4) is 11.3 Å². The molecule has 0 aliphatic rings. The van der Waals surface area contributed by atoms with Gasteiger partial charge in [-0.05, 0) is 17.7 Å². The van der Waals surface area contributed by atoms with Crippen molar-refractivity contribution in [1.82, 2.24) is 0 Å². The lowest BCUT2D eigenvalue weighted by atomic mass is 10.0. The number of furan rings is 1. The summed E-state index contributed by atoms with van der Waals surface area (Å²) >= 11 is 0. The van der Waals surface area contributed by atoms with E-state index in [1.54, 1.807) is 6.07 Å². The minimum Gasteiger partial charge on any atom is -0.453 e. The van der Waals surface area contributed by atoms with Crippen LogP contribution in [0, 0.1) is 10.1 Å². The minimum absolute atomic E-state index is 0.0760. The van der Waals surface area contributed by atoms with Crippen molar-refractivity contribution < 1.29 is 19.2 Å². The number of aldehydes is 1. The van der Waals surface area contributed by atoms with Gasteiger partial charge in [-0.2, -0.15) is 0 Å². The zero-order valence-corrected chi connectivity index (χ0v) is 9.20. The van der Waals surface area contributed by atoms with E-state index in [2.05, 4.69) is 0 Å². The van der Waals surface area contributed by atoms with E-state index in [-0.39, 0.29) is 29.4 Å². The van der Waals surface area contributed by atoms with Crippen molar-refractivity contribution in [1.29, 1.82) is 0 Å². The Morgan fingerprint density at radius 3 is 2.67 bits per heavy atom. The molecule has 6 heteroatoms. The first-order valence-electron chi connectivity index (χ1n) is 5.10. The molecule has 0 aliphatic carbocycles. The van der Waals surface area contributed by atoms with Crippen LogP contribution in [-0.4, -0.2) is 16.3 Å². The first-order chi connectivity index (χ1) is 8.67. The van der Waals surface area contributed by atoms with Gasteiger partial charge < -0.3 is 9.52 Å². The number of benzene rings is 1. The lowest BCUT2D eigenvalue weighted by molar-refractivity contribution is -0.384. The molecule has 0 bridgehead atoms. The van der Waals surface area contributed by atoms with Gasteiger partial charge in [0.1, 0.15) is 11.3 Å². The zero-order valence-electron chi connectivity index (χ0n) is 9.20. The summed E-state index contributed by atoms with van der Waals surface area (Å²) in [5.41, 5.74) is 0.391. The van der Waals surface area contributed by atoms with Gasteiger partial charge in [0, 0.05) is 6.07 Å². The number of carbonyl (C=O) groups is 1. The number of carbonyl (C=O) groups excluding carboxylic acids is 1. The smallest absolute Gasteiger partial charge is 0.280 e. The highest BCUT2D eigenvalue weighted by molar-refractivity contribution is 5.77. The molecule has 1 aromatic carbocycles. The van der Waals surface area contributed by atoms with Gasteiger partial charge in [0.15, 0.2) is 12.0 Å². The van der Waals surface area contributed by atoms with E-state index in [1.807, 2.05) is 0 Å². The Hall–Kier alpha value is -2.47. The van der Waals surface area contributed by atoms with Crippen LogP contribution >= 0.6 is 0 Å². The number of aliphatic hydroxyl groups is 1. The van der Waals surface area contributed by atoms with Gasteiger partial charge in [0.25, 0.3) is 5.69 Å². The summed E-state index contributed by atoms with van der Waals surface area (Å²) in [6, 6.07) is 7.24. The average Bonchev–Trinajstić information content (AvgIpc) is 2.86. The summed E-state index contributed by atoms with van der Waals surface area (Å²) in [5.74, 6) is 0.264. The molecule has 0 radical (unpaired) electrons. The van der Waals surface area contributed by atoms with Gasteiger partial charge in [-0.3, -0.25) is 14.9 Å². The Balaban J connectivity index is 2.66. The molecule has 0 spiro atoms. The third-order valence-electron chi connectivity index (χ3n) is 2.49. The van der Waals surface area contributed by atoms with Crippen molar-refractivity contribution in [2.24, 2.45) is 0 Å². The van der Waals surface area contributed by atoms with Gasteiger partial charge >= 0.3 is 0 Å². The van der Waals surface area contributed by atoms with Gasteiger partial charge in [-0.25, -0.2) is 0 Å². The molecule has 92 valence electrons. The van der Waals surface area contributed by atoms with Crippen molar-refractivity contribution in [2.75, 3.05) is 0 Å². The maximum absolute atomic E-state index is 11.0. The van der Waals surface area contributed by atoms with Gasteiger partial charge in [0.05, 0.1) is 11.5 Å². The second-order valence-electron chi connectivity index (χ2n) is 3.55. The number of rotatable bonds is 4. The van der Waals surface area contributed by atoms with Crippen LogP contribution in [0.5, 0.6) is 0 Å². The third kappa shape index (κ3) is 2.01. The molecule has 1 heterocycles. The van der Waals surface area contributed by atoms with Crippen LogP contribution < -0.4 is 0 Å². The Labute approximate surface area is 102 Å². The Bertz CT molecular complexity index is 602. The van der Waals surface area contributed by atoms with Gasteiger partial charge in [-0.1, -0.05) is 12.1 Å². The standard InChI is InChI=1S/C12H9NO5/c14-6-8-2-1-3-10(13(16)17)12(8)11-5-4-9(7-15)18-11/h1-5,7,14H,6H2. The van der Waals surface area contributed by atoms with E-state index in [1.165, 1.54) is 24.3 Å². The van der Waals surface area contributed by atoms with E-state index in [4.69, 9.17) is 4.42 Å². The normalized spacial score (nSPS) is 10.3. The monoisotopic (exact) mass is 247 g/mol. The van der Waals surface area contributed by atoms with Crippen molar-refractivity contribution in [3.05, 3.63) is 51.8 Å².